The van der Waals surface area contributed by atoms with Crippen LogP contribution in [0.5, 0.6) is 34.5 Å². The highest BCUT2D eigenvalue weighted by Gasteiger charge is 2.37. The quantitative estimate of drug-likeness (QED) is 0.732. The Balaban J connectivity index is 1.99. The van der Waals surface area contributed by atoms with Crippen molar-refractivity contribution in [2.45, 2.75) is 5.92 Å². The molecule has 2 aromatic carbocycles. The number of carboxylic acid groups (broad SMARTS) is 1. The molecule has 2 aromatic rings. The molecule has 30 heavy (non-hydrogen) atoms. The van der Waals surface area contributed by atoms with Crippen molar-refractivity contribution in [1.29, 1.82) is 0 Å². The number of benzene rings is 2. The van der Waals surface area contributed by atoms with Crippen molar-refractivity contribution in [1.82, 2.24) is 0 Å². The fourth-order valence-corrected chi connectivity index (χ4v) is 3.73. The van der Waals surface area contributed by atoms with Gasteiger partial charge in [0.1, 0.15) is 18.1 Å². The van der Waals surface area contributed by atoms with Crippen LogP contribution in [0.2, 0.25) is 0 Å². The highest BCUT2D eigenvalue weighted by molar-refractivity contribution is 5.91. The Bertz CT molecular complexity index is 1020. The van der Waals surface area contributed by atoms with Gasteiger partial charge in [-0.1, -0.05) is 0 Å². The van der Waals surface area contributed by atoms with E-state index >= 15 is 0 Å². The van der Waals surface area contributed by atoms with Crippen LogP contribution < -0.4 is 28.4 Å². The predicted octanol–water partition coefficient (Wildman–Crippen LogP) is 2.30. The van der Waals surface area contributed by atoms with Gasteiger partial charge in [-0.05, 0) is 23.8 Å². The average Bonchev–Trinajstić information content (AvgIpc) is 3.22. The first-order chi connectivity index (χ1) is 14.5. The van der Waals surface area contributed by atoms with Gasteiger partial charge in [-0.15, -0.1) is 0 Å². The number of carboxylic acids is 1. The summed E-state index contributed by atoms with van der Waals surface area (Å²) in [6.07, 6.45) is 0. The average molecular weight is 416 g/mol. The summed E-state index contributed by atoms with van der Waals surface area (Å²) in [5.74, 6) is 0.370. The molecular formula is C21H20O9. The van der Waals surface area contributed by atoms with Crippen LogP contribution in [0.25, 0.3) is 0 Å². The van der Waals surface area contributed by atoms with Crippen molar-refractivity contribution >= 4 is 5.97 Å². The standard InChI is InChI=1S/C21H20O9/c1-25-15-4-10(5-16(26-2)20(15)27-3)18-11-6-13-14(29-9-28-13)7-12(11)30-17(8-22)19(18)21(23)24/h4-7,18,22H,8-9H2,1-3H3,(H,23,24)/t18-/m0/s1. The topological polar surface area (TPSA) is 113 Å². The second-order valence-corrected chi connectivity index (χ2v) is 6.54. The maximum Gasteiger partial charge on any atom is 0.336 e. The van der Waals surface area contributed by atoms with Gasteiger partial charge in [0.05, 0.1) is 26.9 Å². The summed E-state index contributed by atoms with van der Waals surface area (Å²) >= 11 is 0. The summed E-state index contributed by atoms with van der Waals surface area (Å²) in [5.41, 5.74) is 0.998. The first-order valence-corrected chi connectivity index (χ1v) is 9.00. The van der Waals surface area contributed by atoms with Gasteiger partial charge in [0.25, 0.3) is 0 Å². The van der Waals surface area contributed by atoms with Gasteiger partial charge in [0.2, 0.25) is 12.5 Å². The smallest absolute Gasteiger partial charge is 0.336 e. The zero-order chi connectivity index (χ0) is 21.4. The van der Waals surface area contributed by atoms with Gasteiger partial charge in [0, 0.05) is 17.5 Å². The number of aliphatic hydroxyl groups is 1. The third kappa shape index (κ3) is 3.03. The highest BCUT2D eigenvalue weighted by atomic mass is 16.7. The van der Waals surface area contributed by atoms with E-state index in [2.05, 4.69) is 0 Å². The molecule has 9 heteroatoms. The molecule has 2 aliphatic heterocycles. The van der Waals surface area contributed by atoms with E-state index in [1.165, 1.54) is 21.3 Å². The van der Waals surface area contributed by atoms with Gasteiger partial charge in [-0.25, -0.2) is 4.79 Å². The number of rotatable bonds is 6. The van der Waals surface area contributed by atoms with E-state index in [1.807, 2.05) is 0 Å². The van der Waals surface area contributed by atoms with Crippen molar-refractivity contribution in [3.63, 3.8) is 0 Å². The normalized spacial score (nSPS) is 16.6. The molecule has 0 saturated heterocycles. The number of fused-ring (bicyclic) bond motifs is 2. The van der Waals surface area contributed by atoms with Crippen molar-refractivity contribution in [3.05, 3.63) is 46.7 Å². The third-order valence-corrected chi connectivity index (χ3v) is 5.03. The van der Waals surface area contributed by atoms with E-state index in [1.54, 1.807) is 24.3 Å². The highest BCUT2D eigenvalue weighted by Crippen LogP contribution is 2.51. The van der Waals surface area contributed by atoms with Gasteiger partial charge >= 0.3 is 5.97 Å². The van der Waals surface area contributed by atoms with Gasteiger partial charge in [-0.2, -0.15) is 0 Å². The summed E-state index contributed by atoms with van der Waals surface area (Å²) in [6, 6.07) is 6.65. The Kier molecular flexibility index (Phi) is 5.04. The van der Waals surface area contributed by atoms with Crippen molar-refractivity contribution in [2.24, 2.45) is 0 Å². The molecule has 0 aromatic heterocycles. The summed E-state index contributed by atoms with van der Waals surface area (Å²) in [7, 11) is 4.44. The maximum absolute atomic E-state index is 12.2. The third-order valence-electron chi connectivity index (χ3n) is 5.03. The number of carbonyl (C=O) groups is 1. The molecule has 0 saturated carbocycles. The summed E-state index contributed by atoms with van der Waals surface area (Å²) in [5, 5.41) is 19.8. The summed E-state index contributed by atoms with van der Waals surface area (Å²) in [4.78, 5) is 12.2. The second kappa shape index (κ2) is 7.68. The number of ether oxygens (including phenoxy) is 6. The molecule has 0 bridgehead atoms. The lowest BCUT2D eigenvalue weighted by Gasteiger charge is -2.29. The molecule has 2 heterocycles. The molecule has 2 N–H and O–H groups in total. The molecule has 9 nitrogen and oxygen atoms in total. The molecular weight excluding hydrogens is 396 g/mol. The van der Waals surface area contributed by atoms with Crippen molar-refractivity contribution < 1.29 is 43.4 Å². The van der Waals surface area contributed by atoms with E-state index in [4.69, 9.17) is 28.4 Å². The van der Waals surface area contributed by atoms with Crippen LogP contribution in [0.4, 0.5) is 0 Å². The maximum atomic E-state index is 12.2. The Hall–Kier alpha value is -3.59. The number of hydrogen-bond donors (Lipinski definition) is 2. The fourth-order valence-electron chi connectivity index (χ4n) is 3.73. The zero-order valence-electron chi connectivity index (χ0n) is 16.6. The molecule has 2 aliphatic rings. The lowest BCUT2D eigenvalue weighted by Crippen LogP contribution is -2.24. The van der Waals surface area contributed by atoms with E-state index in [9.17, 15) is 15.0 Å². The van der Waals surface area contributed by atoms with E-state index < -0.39 is 18.5 Å². The predicted molar refractivity (Wildman–Crippen MR) is 103 cm³/mol. The Labute approximate surface area is 172 Å². The summed E-state index contributed by atoms with van der Waals surface area (Å²) in [6.45, 7) is -0.532. The lowest BCUT2D eigenvalue weighted by molar-refractivity contribution is -0.133. The van der Waals surface area contributed by atoms with Gasteiger partial charge < -0.3 is 38.6 Å². The van der Waals surface area contributed by atoms with Crippen LogP contribution in [0.1, 0.15) is 17.0 Å². The van der Waals surface area contributed by atoms with Gasteiger partial charge in [0.15, 0.2) is 23.0 Å². The Morgan fingerprint density at radius 2 is 1.63 bits per heavy atom. The second-order valence-electron chi connectivity index (χ2n) is 6.54. The SMILES string of the molecule is COc1cc([C@@H]2C(C(=O)O)=C(CO)Oc3cc4c(cc32)OCO4)cc(OC)c1OC. The molecule has 0 spiro atoms. The van der Waals surface area contributed by atoms with E-state index in [-0.39, 0.29) is 18.1 Å². The molecule has 0 aliphatic carbocycles. The van der Waals surface area contributed by atoms with Crippen molar-refractivity contribution in [3.8, 4) is 34.5 Å². The molecule has 0 unspecified atom stereocenters. The van der Waals surface area contributed by atoms with Crippen LogP contribution in [0.15, 0.2) is 35.6 Å². The first-order valence-electron chi connectivity index (χ1n) is 9.00. The van der Waals surface area contributed by atoms with E-state index in [0.717, 1.165) is 0 Å². The summed E-state index contributed by atoms with van der Waals surface area (Å²) < 4.78 is 32.8. The van der Waals surface area contributed by atoms with Crippen LogP contribution >= 0.6 is 0 Å². The minimum Gasteiger partial charge on any atom is -0.493 e. The molecule has 158 valence electrons. The molecule has 0 amide bonds. The molecule has 0 fully saturated rings. The largest absolute Gasteiger partial charge is 0.493 e. The number of aliphatic hydroxyl groups excluding tert-OH is 1. The molecule has 1 atom stereocenters. The van der Waals surface area contributed by atoms with E-state index in [0.29, 0.717) is 45.6 Å². The zero-order valence-corrected chi connectivity index (χ0v) is 16.6. The van der Waals surface area contributed by atoms with Crippen LogP contribution in [0, 0.1) is 0 Å². The van der Waals surface area contributed by atoms with Crippen LogP contribution in [0.3, 0.4) is 0 Å². The molecule has 4 rings (SSSR count). The van der Waals surface area contributed by atoms with Crippen molar-refractivity contribution in [2.75, 3.05) is 34.7 Å². The van der Waals surface area contributed by atoms with Crippen LogP contribution in [-0.2, 0) is 4.79 Å². The minimum atomic E-state index is -1.22. The molecule has 0 radical (unpaired) electrons. The fraction of sp³-hybridized carbons (Fsp3) is 0.286. The number of methoxy groups -OCH3 is 3. The number of aliphatic carboxylic acids is 1. The monoisotopic (exact) mass is 416 g/mol. The lowest BCUT2D eigenvalue weighted by atomic mass is 9.81. The Morgan fingerprint density at radius 1 is 1.00 bits per heavy atom. The van der Waals surface area contributed by atoms with Crippen LogP contribution in [-0.4, -0.2) is 50.9 Å². The van der Waals surface area contributed by atoms with Gasteiger partial charge in [-0.3, -0.25) is 0 Å². The Morgan fingerprint density at radius 3 is 2.17 bits per heavy atom. The number of hydrogen-bond acceptors (Lipinski definition) is 8. The minimum absolute atomic E-state index is 0.0547. The first kappa shape index (κ1) is 19.7.